The fraction of sp³-hybridized carbons (Fsp3) is 0.417. The lowest BCUT2D eigenvalue weighted by atomic mass is 9.80. The van der Waals surface area contributed by atoms with Crippen molar-refractivity contribution in [1.29, 1.82) is 0 Å². The van der Waals surface area contributed by atoms with Gasteiger partial charge in [-0.2, -0.15) is 0 Å². The van der Waals surface area contributed by atoms with Crippen LogP contribution in [0.2, 0.25) is 0 Å². The monoisotopic (exact) mass is 458 g/mol. The van der Waals surface area contributed by atoms with E-state index in [1.165, 1.54) is 26.0 Å². The van der Waals surface area contributed by atoms with Crippen molar-refractivity contribution in [2.24, 2.45) is 5.92 Å². The average molecular weight is 458 g/mol. The molecule has 0 aromatic carbocycles. The maximum Gasteiger partial charge on any atom is 0.334 e. The number of ketones is 1. The minimum atomic E-state index is -1.82. The summed E-state index contributed by atoms with van der Waals surface area (Å²) in [5.74, 6) is -3.94. The van der Waals surface area contributed by atoms with Crippen molar-refractivity contribution in [1.82, 2.24) is 0 Å². The second-order valence-electron chi connectivity index (χ2n) is 8.58. The lowest BCUT2D eigenvalue weighted by Gasteiger charge is -2.38. The van der Waals surface area contributed by atoms with E-state index in [-0.39, 0.29) is 22.5 Å². The lowest BCUT2D eigenvalue weighted by Crippen LogP contribution is -2.57. The fourth-order valence-corrected chi connectivity index (χ4v) is 3.90. The molecule has 1 saturated heterocycles. The van der Waals surface area contributed by atoms with Crippen LogP contribution < -0.4 is 0 Å². The molecule has 0 aliphatic carbocycles. The van der Waals surface area contributed by atoms with Gasteiger partial charge < -0.3 is 24.1 Å². The van der Waals surface area contributed by atoms with Crippen molar-refractivity contribution in [3.63, 3.8) is 0 Å². The summed E-state index contributed by atoms with van der Waals surface area (Å²) in [5.41, 5.74) is -1.00. The van der Waals surface area contributed by atoms with Gasteiger partial charge in [0.05, 0.1) is 12.5 Å². The summed E-state index contributed by atoms with van der Waals surface area (Å²) in [5, 5.41) is 9.88. The molecule has 5 atom stereocenters. The minimum Gasteiger partial charge on any atom is -0.475 e. The van der Waals surface area contributed by atoms with Crippen LogP contribution in [-0.2, 0) is 38.1 Å². The number of carbonyl (C=O) groups is 4. The summed E-state index contributed by atoms with van der Waals surface area (Å²) in [6.45, 7) is 13.0. The second kappa shape index (κ2) is 8.82. The van der Waals surface area contributed by atoms with Gasteiger partial charge in [-0.25, -0.2) is 14.4 Å². The van der Waals surface area contributed by atoms with E-state index in [1.54, 1.807) is 13.8 Å². The number of rotatable bonds is 5. The van der Waals surface area contributed by atoms with Crippen molar-refractivity contribution in [3.8, 4) is 0 Å². The van der Waals surface area contributed by atoms with Gasteiger partial charge in [-0.05, 0) is 33.8 Å². The third-order valence-electron chi connectivity index (χ3n) is 5.62. The van der Waals surface area contributed by atoms with Gasteiger partial charge in [0, 0.05) is 28.9 Å². The van der Waals surface area contributed by atoms with E-state index in [0.29, 0.717) is 5.57 Å². The first-order valence-corrected chi connectivity index (χ1v) is 10.3. The molecular weight excluding hydrogens is 432 g/mol. The molecular formula is C24H26O9. The number of ether oxygens (including phenoxy) is 4. The highest BCUT2D eigenvalue weighted by Crippen LogP contribution is 2.44. The van der Waals surface area contributed by atoms with Crippen LogP contribution >= 0.6 is 0 Å². The Morgan fingerprint density at radius 3 is 2.48 bits per heavy atom. The lowest BCUT2D eigenvalue weighted by molar-refractivity contribution is -0.191. The molecule has 3 aliphatic heterocycles. The average Bonchev–Trinajstić information content (AvgIpc) is 3.18. The van der Waals surface area contributed by atoms with Crippen molar-refractivity contribution in [2.75, 3.05) is 6.61 Å². The number of carbonyl (C=O) groups excluding carboxylic acids is 4. The number of aliphatic hydroxyl groups excluding tert-OH is 1. The molecule has 0 amide bonds. The molecule has 3 aliphatic rings. The summed E-state index contributed by atoms with van der Waals surface area (Å²) >= 11 is 0. The summed E-state index contributed by atoms with van der Waals surface area (Å²) in [7, 11) is 0. The zero-order valence-corrected chi connectivity index (χ0v) is 18.9. The van der Waals surface area contributed by atoms with Crippen LogP contribution in [0.1, 0.15) is 27.7 Å². The zero-order chi connectivity index (χ0) is 24.7. The quantitative estimate of drug-likeness (QED) is 0.372. The molecule has 0 aromatic rings. The number of fused-ring (bicyclic) bond motifs is 3. The Bertz CT molecular complexity index is 1040. The normalized spacial score (nSPS) is 32.0. The van der Waals surface area contributed by atoms with Crippen molar-refractivity contribution >= 4 is 23.7 Å². The number of allylic oxidation sites excluding steroid dienone is 1. The van der Waals surface area contributed by atoms with Gasteiger partial charge in [0.25, 0.3) is 0 Å². The largest absolute Gasteiger partial charge is 0.475 e. The van der Waals surface area contributed by atoms with Gasteiger partial charge in [0.2, 0.25) is 11.4 Å². The van der Waals surface area contributed by atoms with Crippen LogP contribution in [-0.4, -0.2) is 59.3 Å². The van der Waals surface area contributed by atoms with Gasteiger partial charge in [-0.1, -0.05) is 18.7 Å². The Labute approximate surface area is 191 Å². The summed E-state index contributed by atoms with van der Waals surface area (Å²) in [6.07, 6.45) is -0.135. The first-order valence-electron chi connectivity index (χ1n) is 10.3. The van der Waals surface area contributed by atoms with E-state index in [4.69, 9.17) is 18.9 Å². The molecule has 2 bridgehead atoms. The van der Waals surface area contributed by atoms with E-state index in [9.17, 15) is 24.3 Å². The van der Waals surface area contributed by atoms with Crippen LogP contribution in [0.4, 0.5) is 0 Å². The Kier molecular flexibility index (Phi) is 6.46. The van der Waals surface area contributed by atoms with Crippen molar-refractivity contribution in [2.45, 2.75) is 51.6 Å². The molecule has 9 nitrogen and oxygen atoms in total. The van der Waals surface area contributed by atoms with E-state index >= 15 is 0 Å². The first-order chi connectivity index (χ1) is 15.4. The summed E-state index contributed by atoms with van der Waals surface area (Å²) in [6, 6.07) is 0. The highest BCUT2D eigenvalue weighted by Gasteiger charge is 2.60. The maximum absolute atomic E-state index is 13.1. The predicted octanol–water partition coefficient (Wildman–Crippen LogP) is 1.62. The Hall–Kier alpha value is -3.46. The molecule has 0 radical (unpaired) electrons. The molecule has 0 aromatic heterocycles. The van der Waals surface area contributed by atoms with Gasteiger partial charge in [0.1, 0.15) is 11.9 Å². The molecule has 9 heteroatoms. The molecule has 3 rings (SSSR count). The number of hydrogen-bond acceptors (Lipinski definition) is 9. The first kappa shape index (κ1) is 24.2. The zero-order valence-electron chi connectivity index (χ0n) is 18.9. The van der Waals surface area contributed by atoms with E-state index < -0.39 is 60.1 Å². The van der Waals surface area contributed by atoms with Crippen LogP contribution in [0.5, 0.6) is 0 Å². The molecule has 33 heavy (non-hydrogen) atoms. The van der Waals surface area contributed by atoms with Gasteiger partial charge in [-0.15, -0.1) is 0 Å². The van der Waals surface area contributed by atoms with Crippen LogP contribution in [0.15, 0.2) is 59.4 Å². The Morgan fingerprint density at radius 2 is 1.91 bits per heavy atom. The van der Waals surface area contributed by atoms with Crippen LogP contribution in [0, 0.1) is 5.92 Å². The Balaban J connectivity index is 2.23. The Morgan fingerprint density at radius 1 is 1.24 bits per heavy atom. The van der Waals surface area contributed by atoms with E-state index in [0.717, 1.165) is 6.08 Å². The summed E-state index contributed by atoms with van der Waals surface area (Å²) in [4.78, 5) is 50.7. The third kappa shape index (κ3) is 4.41. The topological polar surface area (TPSA) is 125 Å². The number of esters is 3. The third-order valence-corrected chi connectivity index (χ3v) is 5.62. The van der Waals surface area contributed by atoms with Gasteiger partial charge >= 0.3 is 17.9 Å². The number of aliphatic hydroxyl groups is 1. The van der Waals surface area contributed by atoms with Gasteiger partial charge in [-0.3, -0.25) is 4.79 Å². The smallest absolute Gasteiger partial charge is 0.334 e. The molecule has 1 N–H and O–H groups in total. The number of hydrogen-bond donors (Lipinski definition) is 1. The van der Waals surface area contributed by atoms with E-state index in [2.05, 4.69) is 13.2 Å². The SMILES string of the molecule is C=C(C)C(=O)O[C@H]1[C@H]2C(=C)C(=O)O[C@H]2/C=C(\CO)C2=CC(=O)[C@@](C)(O2)[C@H]1OC(=O)C=C(C)C. The highest BCUT2D eigenvalue weighted by atomic mass is 16.6. The van der Waals surface area contributed by atoms with E-state index in [1.807, 2.05) is 0 Å². The predicted molar refractivity (Wildman–Crippen MR) is 114 cm³/mol. The summed E-state index contributed by atoms with van der Waals surface area (Å²) < 4.78 is 22.6. The fourth-order valence-electron chi connectivity index (χ4n) is 3.90. The van der Waals surface area contributed by atoms with Crippen LogP contribution in [0.25, 0.3) is 0 Å². The minimum absolute atomic E-state index is 0.0347. The van der Waals surface area contributed by atoms with Crippen molar-refractivity contribution in [3.05, 3.63) is 59.4 Å². The molecule has 0 saturated carbocycles. The van der Waals surface area contributed by atoms with Crippen molar-refractivity contribution < 1.29 is 43.2 Å². The molecule has 176 valence electrons. The standard InChI is InChI=1S/C24H26O9/c1-11(2)7-18(27)31-21-20(32-22(28)12(3)4)19-13(5)23(29)30-16(19)8-14(10-25)15-9-17(26)24(21,6)33-15/h7-9,16,19-21,25H,3,5,10H2,1-2,4,6H3/b14-8+/t16-,19-,20-,21-,24+/m0/s1. The molecule has 0 unspecified atom stereocenters. The molecule has 1 fully saturated rings. The molecule has 3 heterocycles. The van der Waals surface area contributed by atoms with Gasteiger partial charge in [0.15, 0.2) is 12.2 Å². The maximum atomic E-state index is 13.1. The molecule has 0 spiro atoms. The second-order valence-corrected chi connectivity index (χ2v) is 8.58. The van der Waals surface area contributed by atoms with Crippen LogP contribution in [0.3, 0.4) is 0 Å². The highest BCUT2D eigenvalue weighted by molar-refractivity contribution is 6.01.